The van der Waals surface area contributed by atoms with Crippen molar-refractivity contribution in [2.75, 3.05) is 0 Å². The average molecular weight is 276 g/mol. The van der Waals surface area contributed by atoms with Crippen molar-refractivity contribution in [3.63, 3.8) is 0 Å². The molecule has 1 unspecified atom stereocenters. The molecule has 1 atom stereocenters. The zero-order chi connectivity index (χ0) is 14.4. The number of halogens is 1. The molecule has 0 aliphatic heterocycles. The average Bonchev–Trinajstić information content (AvgIpc) is 2.86. The highest BCUT2D eigenvalue weighted by Crippen LogP contribution is 2.10. The van der Waals surface area contributed by atoms with Gasteiger partial charge in [-0.1, -0.05) is 19.1 Å². The lowest BCUT2D eigenvalue weighted by Crippen LogP contribution is -2.39. The highest BCUT2D eigenvalue weighted by Gasteiger charge is 2.12. The molecule has 0 aliphatic rings. The van der Waals surface area contributed by atoms with Gasteiger partial charge in [0, 0.05) is 31.4 Å². The van der Waals surface area contributed by atoms with E-state index in [2.05, 4.69) is 21.9 Å². The Kier molecular flexibility index (Phi) is 5.26. The Morgan fingerprint density at radius 1 is 1.40 bits per heavy atom. The van der Waals surface area contributed by atoms with Gasteiger partial charge < -0.3 is 4.57 Å². The van der Waals surface area contributed by atoms with E-state index in [1.54, 1.807) is 18.3 Å². The van der Waals surface area contributed by atoms with Crippen LogP contribution >= 0.6 is 0 Å². The minimum atomic E-state index is -0.217. The molecule has 1 heterocycles. The van der Waals surface area contributed by atoms with Crippen LogP contribution in [-0.2, 0) is 19.4 Å². The van der Waals surface area contributed by atoms with Crippen LogP contribution in [0.1, 0.15) is 24.7 Å². The summed E-state index contributed by atoms with van der Waals surface area (Å²) in [5.74, 6) is 6.41. The van der Waals surface area contributed by atoms with Crippen molar-refractivity contribution in [3.8, 4) is 0 Å². The standard InChI is InChI=1S/C15H21FN4/c1-2-7-20-8-6-18-15(20)11-14(19-17)10-12-4-3-5-13(16)9-12/h3-6,8-9,14,19H,2,7,10-11,17H2,1H3. The molecule has 0 saturated heterocycles. The van der Waals surface area contributed by atoms with E-state index in [4.69, 9.17) is 5.84 Å². The number of nitrogens with zero attached hydrogens (tertiary/aromatic N) is 2. The maximum absolute atomic E-state index is 13.2. The van der Waals surface area contributed by atoms with Gasteiger partial charge in [0.25, 0.3) is 0 Å². The van der Waals surface area contributed by atoms with Gasteiger partial charge in [-0.2, -0.15) is 0 Å². The Bertz CT molecular complexity index is 538. The van der Waals surface area contributed by atoms with Crippen LogP contribution in [0.15, 0.2) is 36.7 Å². The molecule has 0 fully saturated rings. The monoisotopic (exact) mass is 276 g/mol. The van der Waals surface area contributed by atoms with Gasteiger partial charge in [-0.3, -0.25) is 11.3 Å². The molecule has 2 aromatic rings. The third-order valence-electron chi connectivity index (χ3n) is 3.30. The second kappa shape index (κ2) is 7.17. The van der Waals surface area contributed by atoms with Crippen LogP contribution in [0, 0.1) is 5.82 Å². The zero-order valence-corrected chi connectivity index (χ0v) is 11.7. The van der Waals surface area contributed by atoms with E-state index in [0.29, 0.717) is 6.42 Å². The number of hydrogen-bond donors (Lipinski definition) is 2. The van der Waals surface area contributed by atoms with Crippen molar-refractivity contribution >= 4 is 0 Å². The van der Waals surface area contributed by atoms with Gasteiger partial charge in [0.15, 0.2) is 0 Å². The summed E-state index contributed by atoms with van der Waals surface area (Å²) in [5.41, 5.74) is 3.73. The van der Waals surface area contributed by atoms with Gasteiger partial charge in [-0.25, -0.2) is 9.37 Å². The van der Waals surface area contributed by atoms with Crippen LogP contribution in [0.25, 0.3) is 0 Å². The maximum atomic E-state index is 13.2. The fourth-order valence-corrected chi connectivity index (χ4v) is 2.33. The number of nitrogens with two attached hydrogens (primary N) is 1. The van der Waals surface area contributed by atoms with E-state index < -0.39 is 0 Å². The molecule has 0 spiro atoms. The lowest BCUT2D eigenvalue weighted by molar-refractivity contribution is 0.494. The second-order valence-electron chi connectivity index (χ2n) is 4.94. The lowest BCUT2D eigenvalue weighted by Gasteiger charge is -2.16. The van der Waals surface area contributed by atoms with Crippen LogP contribution in [0.4, 0.5) is 4.39 Å². The minimum Gasteiger partial charge on any atom is -0.335 e. The number of aryl methyl sites for hydroxylation is 1. The molecular weight excluding hydrogens is 255 g/mol. The lowest BCUT2D eigenvalue weighted by atomic mass is 10.0. The minimum absolute atomic E-state index is 0.0369. The number of imidazole rings is 1. The Morgan fingerprint density at radius 2 is 2.25 bits per heavy atom. The van der Waals surface area contributed by atoms with Crippen LogP contribution in [-0.4, -0.2) is 15.6 Å². The van der Waals surface area contributed by atoms with Crippen molar-refractivity contribution in [3.05, 3.63) is 53.9 Å². The van der Waals surface area contributed by atoms with Crippen LogP contribution in [0.5, 0.6) is 0 Å². The zero-order valence-electron chi connectivity index (χ0n) is 11.7. The number of hydrazine groups is 1. The summed E-state index contributed by atoms with van der Waals surface area (Å²) >= 11 is 0. The first-order valence-electron chi connectivity index (χ1n) is 6.93. The topological polar surface area (TPSA) is 55.9 Å². The van der Waals surface area contributed by atoms with Crippen LogP contribution in [0.2, 0.25) is 0 Å². The molecule has 0 saturated carbocycles. The van der Waals surface area contributed by atoms with Gasteiger partial charge in [0.2, 0.25) is 0 Å². The first-order chi connectivity index (χ1) is 9.72. The molecule has 4 nitrogen and oxygen atoms in total. The predicted molar refractivity (Wildman–Crippen MR) is 77.4 cm³/mol. The summed E-state index contributed by atoms with van der Waals surface area (Å²) in [7, 11) is 0. The van der Waals surface area contributed by atoms with Crippen molar-refractivity contribution in [2.24, 2.45) is 5.84 Å². The van der Waals surface area contributed by atoms with E-state index in [1.165, 1.54) is 6.07 Å². The van der Waals surface area contributed by atoms with E-state index in [0.717, 1.165) is 30.8 Å². The molecule has 2 rings (SSSR count). The number of rotatable bonds is 7. The summed E-state index contributed by atoms with van der Waals surface area (Å²) in [6.07, 6.45) is 6.25. The molecule has 5 heteroatoms. The second-order valence-corrected chi connectivity index (χ2v) is 4.94. The number of benzene rings is 1. The Morgan fingerprint density at radius 3 is 2.95 bits per heavy atom. The Hall–Kier alpha value is -1.72. The highest BCUT2D eigenvalue weighted by molar-refractivity contribution is 5.17. The molecule has 1 aromatic heterocycles. The maximum Gasteiger partial charge on any atom is 0.123 e. The molecule has 3 N–H and O–H groups in total. The highest BCUT2D eigenvalue weighted by atomic mass is 19.1. The number of nitrogens with one attached hydrogen (secondary N) is 1. The largest absolute Gasteiger partial charge is 0.335 e. The third-order valence-corrected chi connectivity index (χ3v) is 3.30. The smallest absolute Gasteiger partial charge is 0.123 e. The molecule has 0 aliphatic carbocycles. The number of hydrogen-bond acceptors (Lipinski definition) is 3. The fourth-order valence-electron chi connectivity index (χ4n) is 2.33. The van der Waals surface area contributed by atoms with E-state index >= 15 is 0 Å². The molecule has 20 heavy (non-hydrogen) atoms. The summed E-state index contributed by atoms with van der Waals surface area (Å²) in [4.78, 5) is 4.38. The van der Waals surface area contributed by atoms with Gasteiger partial charge in [-0.05, 0) is 30.5 Å². The normalized spacial score (nSPS) is 12.6. The van der Waals surface area contributed by atoms with E-state index in [-0.39, 0.29) is 11.9 Å². The quantitative estimate of drug-likeness (QED) is 0.601. The Balaban J connectivity index is 2.03. The number of aromatic nitrogens is 2. The fraction of sp³-hybridized carbons (Fsp3) is 0.400. The predicted octanol–water partition coefficient (Wildman–Crippen LogP) is 2.05. The van der Waals surface area contributed by atoms with Crippen LogP contribution in [0.3, 0.4) is 0 Å². The van der Waals surface area contributed by atoms with E-state index in [9.17, 15) is 4.39 Å². The van der Waals surface area contributed by atoms with Gasteiger partial charge >= 0.3 is 0 Å². The van der Waals surface area contributed by atoms with Crippen LogP contribution < -0.4 is 11.3 Å². The summed E-state index contributed by atoms with van der Waals surface area (Å²) in [5, 5.41) is 0. The molecule has 0 amide bonds. The van der Waals surface area contributed by atoms with Gasteiger partial charge in [0.05, 0.1) is 0 Å². The molecule has 0 bridgehead atoms. The molecule has 108 valence electrons. The van der Waals surface area contributed by atoms with E-state index in [1.807, 2.05) is 12.3 Å². The first-order valence-corrected chi connectivity index (χ1v) is 6.93. The summed E-state index contributed by atoms with van der Waals surface area (Å²) < 4.78 is 15.3. The molecule has 0 radical (unpaired) electrons. The van der Waals surface area contributed by atoms with Crippen molar-refractivity contribution in [1.82, 2.24) is 15.0 Å². The van der Waals surface area contributed by atoms with Crippen molar-refractivity contribution in [2.45, 2.75) is 38.8 Å². The Labute approximate surface area is 118 Å². The SMILES string of the molecule is CCCn1ccnc1CC(Cc1cccc(F)c1)NN. The molecule has 1 aromatic carbocycles. The third kappa shape index (κ3) is 3.88. The summed E-state index contributed by atoms with van der Waals surface area (Å²) in [6.45, 7) is 3.09. The van der Waals surface area contributed by atoms with Gasteiger partial charge in [-0.15, -0.1) is 0 Å². The van der Waals surface area contributed by atoms with Crippen molar-refractivity contribution < 1.29 is 4.39 Å². The molecular formula is C15H21FN4. The van der Waals surface area contributed by atoms with Gasteiger partial charge in [0.1, 0.15) is 11.6 Å². The van der Waals surface area contributed by atoms with Crippen molar-refractivity contribution in [1.29, 1.82) is 0 Å². The summed E-state index contributed by atoms with van der Waals surface area (Å²) in [6, 6.07) is 6.66. The first kappa shape index (κ1) is 14.7.